The average molecular weight is 387 g/mol. The number of aromatic amines is 1. The number of nitrogens with one attached hydrogen (secondary N) is 2. The van der Waals surface area contributed by atoms with Gasteiger partial charge in [-0.05, 0) is 24.6 Å². The molecule has 28 heavy (non-hydrogen) atoms. The first-order valence-corrected chi connectivity index (χ1v) is 8.19. The molecule has 0 aliphatic rings. The van der Waals surface area contributed by atoms with Crippen LogP contribution in [0.2, 0.25) is 0 Å². The van der Waals surface area contributed by atoms with Crippen LogP contribution >= 0.6 is 0 Å². The van der Waals surface area contributed by atoms with Crippen LogP contribution in [-0.4, -0.2) is 41.5 Å². The van der Waals surface area contributed by atoms with E-state index in [0.29, 0.717) is 11.3 Å². The number of fused-ring (bicyclic) bond motifs is 1. The second-order valence-corrected chi connectivity index (χ2v) is 5.91. The number of hydrazone groups is 1. The highest BCUT2D eigenvalue weighted by atomic mass is 16.6. The van der Waals surface area contributed by atoms with Crippen LogP contribution in [0.15, 0.2) is 39.0 Å². The minimum atomic E-state index is -0.622. The number of rotatable bonds is 6. The van der Waals surface area contributed by atoms with E-state index >= 15 is 0 Å². The Morgan fingerprint density at radius 1 is 1.36 bits per heavy atom. The van der Waals surface area contributed by atoms with E-state index < -0.39 is 16.2 Å². The Morgan fingerprint density at radius 2 is 2.04 bits per heavy atom. The molecule has 0 bridgehead atoms. The number of nitrogens with zero attached hydrogens (tertiary/aromatic N) is 5. The van der Waals surface area contributed by atoms with Gasteiger partial charge >= 0.3 is 5.69 Å². The Balaban J connectivity index is 2.00. The highest BCUT2D eigenvalue weighted by Crippen LogP contribution is 2.16. The molecule has 0 saturated carbocycles. The van der Waals surface area contributed by atoms with Crippen LogP contribution in [0.4, 0.5) is 11.6 Å². The van der Waals surface area contributed by atoms with Gasteiger partial charge in [-0.3, -0.25) is 24.5 Å². The molecule has 0 aliphatic heterocycles. The third kappa shape index (κ3) is 3.40. The monoisotopic (exact) mass is 387 g/mol. The lowest BCUT2D eigenvalue weighted by Crippen LogP contribution is -2.29. The van der Waals surface area contributed by atoms with Crippen molar-refractivity contribution >= 4 is 28.5 Å². The number of imidazole rings is 1. The van der Waals surface area contributed by atoms with Gasteiger partial charge in [-0.15, -0.1) is 0 Å². The zero-order valence-corrected chi connectivity index (χ0v) is 15.0. The zero-order chi connectivity index (χ0) is 20.4. The minimum Gasteiger partial charge on any atom is -0.395 e. The van der Waals surface area contributed by atoms with Crippen molar-refractivity contribution in [3.05, 3.63) is 60.8 Å². The summed E-state index contributed by atoms with van der Waals surface area (Å²) in [6, 6.07) is 5.85. The van der Waals surface area contributed by atoms with Gasteiger partial charge in [-0.1, -0.05) is 0 Å². The predicted octanol–water partition coefficient (Wildman–Crippen LogP) is 0.160. The summed E-state index contributed by atoms with van der Waals surface area (Å²) in [5.74, 6) is 0.164. The van der Waals surface area contributed by atoms with E-state index in [-0.39, 0.29) is 36.0 Å². The summed E-state index contributed by atoms with van der Waals surface area (Å²) in [6.07, 6.45) is 0. The number of aliphatic hydroxyl groups is 1. The number of nitro groups is 1. The third-order valence-corrected chi connectivity index (χ3v) is 4.15. The van der Waals surface area contributed by atoms with Crippen molar-refractivity contribution in [1.82, 2.24) is 19.1 Å². The summed E-state index contributed by atoms with van der Waals surface area (Å²) in [4.78, 5) is 40.6. The topological polar surface area (TPSA) is 160 Å². The molecule has 1 aromatic carbocycles. The van der Waals surface area contributed by atoms with Crippen molar-refractivity contribution in [2.24, 2.45) is 12.1 Å². The molecule has 3 rings (SSSR count). The van der Waals surface area contributed by atoms with Crippen molar-refractivity contribution in [3.63, 3.8) is 0 Å². The molecule has 3 aromatic rings. The van der Waals surface area contributed by atoms with Gasteiger partial charge in [0.15, 0.2) is 11.2 Å². The van der Waals surface area contributed by atoms with Gasteiger partial charge in [0, 0.05) is 25.7 Å². The SMILES string of the molecule is CC(=NNc1nc2c(c(=O)[nH]c(=O)n2C)n1CCO)c1ccc([N+](=O)[O-])cc1. The molecule has 2 heterocycles. The molecule has 0 fully saturated rings. The molecular formula is C16H17N7O5. The molecule has 0 spiro atoms. The van der Waals surface area contributed by atoms with Crippen molar-refractivity contribution in [2.45, 2.75) is 13.5 Å². The summed E-state index contributed by atoms with van der Waals surface area (Å²) >= 11 is 0. The summed E-state index contributed by atoms with van der Waals surface area (Å²) in [7, 11) is 1.46. The number of hydrogen-bond acceptors (Lipinski definition) is 8. The summed E-state index contributed by atoms with van der Waals surface area (Å²) in [5.41, 5.74) is 2.89. The average Bonchev–Trinajstić information content (AvgIpc) is 3.03. The number of benzene rings is 1. The van der Waals surface area contributed by atoms with E-state index in [4.69, 9.17) is 0 Å². The normalized spacial score (nSPS) is 11.8. The van der Waals surface area contributed by atoms with E-state index in [1.54, 1.807) is 19.1 Å². The molecule has 0 saturated heterocycles. The fraction of sp³-hybridized carbons (Fsp3) is 0.250. The van der Waals surface area contributed by atoms with Gasteiger partial charge in [0.25, 0.3) is 11.2 Å². The number of aryl methyl sites for hydroxylation is 1. The molecule has 12 heteroatoms. The van der Waals surface area contributed by atoms with Crippen LogP contribution in [0.1, 0.15) is 12.5 Å². The molecule has 3 N–H and O–H groups in total. The number of hydrogen-bond donors (Lipinski definition) is 3. The Morgan fingerprint density at radius 3 is 2.64 bits per heavy atom. The van der Waals surface area contributed by atoms with Crippen LogP contribution in [0.5, 0.6) is 0 Å². The fourth-order valence-corrected chi connectivity index (χ4v) is 2.66. The lowest BCUT2D eigenvalue weighted by molar-refractivity contribution is -0.384. The maximum absolute atomic E-state index is 12.2. The number of nitro benzene ring substituents is 1. The number of aromatic nitrogens is 4. The molecule has 0 atom stereocenters. The van der Waals surface area contributed by atoms with Gasteiger partial charge in [0.2, 0.25) is 5.95 Å². The second kappa shape index (κ2) is 7.44. The van der Waals surface area contributed by atoms with Gasteiger partial charge in [-0.25, -0.2) is 10.2 Å². The highest BCUT2D eigenvalue weighted by molar-refractivity contribution is 5.99. The van der Waals surface area contributed by atoms with Crippen molar-refractivity contribution in [2.75, 3.05) is 12.0 Å². The van der Waals surface area contributed by atoms with Crippen LogP contribution in [0, 0.1) is 10.1 Å². The van der Waals surface area contributed by atoms with Gasteiger partial charge in [-0.2, -0.15) is 10.1 Å². The quantitative estimate of drug-likeness (QED) is 0.308. The number of anilines is 1. The van der Waals surface area contributed by atoms with Gasteiger partial charge in [0.05, 0.1) is 17.2 Å². The molecule has 146 valence electrons. The summed E-state index contributed by atoms with van der Waals surface area (Å²) < 4.78 is 2.60. The first-order valence-electron chi connectivity index (χ1n) is 8.19. The standard InChI is InChI=1S/C16H17N7O5/c1-9(10-3-5-11(6-4-10)23(27)28)19-20-15-17-13-12(22(15)7-8-24)14(25)18-16(26)21(13)2/h3-6,24H,7-8H2,1-2H3,(H,17,20)(H,18,25,26). The Bertz CT molecular complexity index is 1190. The molecule has 0 unspecified atom stereocenters. The van der Waals surface area contributed by atoms with Gasteiger partial charge < -0.3 is 9.67 Å². The summed E-state index contributed by atoms with van der Waals surface area (Å²) in [6.45, 7) is 1.50. The molecule has 12 nitrogen and oxygen atoms in total. The van der Waals surface area contributed by atoms with Crippen LogP contribution in [0.25, 0.3) is 11.2 Å². The van der Waals surface area contributed by atoms with E-state index in [1.807, 2.05) is 0 Å². The van der Waals surface area contributed by atoms with Crippen molar-refractivity contribution in [3.8, 4) is 0 Å². The molecule has 0 amide bonds. The van der Waals surface area contributed by atoms with E-state index in [0.717, 1.165) is 0 Å². The smallest absolute Gasteiger partial charge is 0.329 e. The third-order valence-electron chi connectivity index (χ3n) is 4.15. The highest BCUT2D eigenvalue weighted by Gasteiger charge is 2.17. The maximum Gasteiger partial charge on any atom is 0.329 e. The first kappa shape index (κ1) is 19.0. The molecule has 2 aromatic heterocycles. The van der Waals surface area contributed by atoms with Crippen LogP contribution in [-0.2, 0) is 13.6 Å². The zero-order valence-electron chi connectivity index (χ0n) is 15.0. The second-order valence-electron chi connectivity index (χ2n) is 5.91. The lowest BCUT2D eigenvalue weighted by Gasteiger charge is -2.07. The molecular weight excluding hydrogens is 370 g/mol. The largest absolute Gasteiger partial charge is 0.395 e. The Hall–Kier alpha value is -3.80. The van der Waals surface area contributed by atoms with Crippen molar-refractivity contribution < 1.29 is 10.0 Å². The van der Waals surface area contributed by atoms with Crippen molar-refractivity contribution in [1.29, 1.82) is 0 Å². The van der Waals surface area contributed by atoms with Crippen LogP contribution < -0.4 is 16.7 Å². The number of H-pyrrole nitrogens is 1. The fourth-order valence-electron chi connectivity index (χ4n) is 2.66. The number of aliphatic hydroxyl groups excluding tert-OH is 1. The summed E-state index contributed by atoms with van der Waals surface area (Å²) in [5, 5.41) is 24.2. The first-order chi connectivity index (χ1) is 13.3. The predicted molar refractivity (Wildman–Crippen MR) is 102 cm³/mol. The van der Waals surface area contributed by atoms with E-state index in [1.165, 1.54) is 28.3 Å². The molecule has 0 aliphatic carbocycles. The lowest BCUT2D eigenvalue weighted by atomic mass is 10.1. The van der Waals surface area contributed by atoms with Crippen LogP contribution in [0.3, 0.4) is 0 Å². The Labute approximate surface area is 156 Å². The molecule has 0 radical (unpaired) electrons. The Kier molecular flexibility index (Phi) is 5.04. The van der Waals surface area contributed by atoms with E-state index in [2.05, 4.69) is 20.5 Å². The maximum atomic E-state index is 12.2. The number of non-ortho nitro benzene ring substituents is 1. The van der Waals surface area contributed by atoms with E-state index in [9.17, 15) is 24.8 Å². The minimum absolute atomic E-state index is 0.0330. The van der Waals surface area contributed by atoms with Gasteiger partial charge in [0.1, 0.15) is 0 Å².